The van der Waals surface area contributed by atoms with Crippen LogP contribution in [0.25, 0.3) is 0 Å². The average Bonchev–Trinajstić information content (AvgIpc) is 3.16. The number of aryl methyl sites for hydroxylation is 1. The molecule has 0 aliphatic carbocycles. The Morgan fingerprint density at radius 2 is 2.14 bits per heavy atom. The molecule has 1 amide bonds. The van der Waals surface area contributed by atoms with Crippen LogP contribution in [0.1, 0.15) is 31.4 Å². The van der Waals surface area contributed by atoms with Crippen molar-refractivity contribution < 1.29 is 14.3 Å². The molecule has 116 valence electrons. The minimum atomic E-state index is -0.228. The van der Waals surface area contributed by atoms with Crippen molar-refractivity contribution in [2.75, 3.05) is 32.1 Å². The first kappa shape index (κ1) is 15.8. The molecule has 1 aromatic rings. The number of hydrogen-bond donors (Lipinski definition) is 1. The first-order valence-corrected chi connectivity index (χ1v) is 8.10. The molecule has 0 bridgehead atoms. The Labute approximate surface area is 128 Å². The molecule has 2 rings (SSSR count). The van der Waals surface area contributed by atoms with E-state index in [4.69, 9.17) is 0 Å². The third-order valence-corrected chi connectivity index (χ3v) is 4.29. The first-order valence-electron chi connectivity index (χ1n) is 7.22. The highest BCUT2D eigenvalue weighted by atomic mass is 32.1. The van der Waals surface area contributed by atoms with Crippen molar-refractivity contribution in [1.82, 2.24) is 9.88 Å². The summed E-state index contributed by atoms with van der Waals surface area (Å²) < 4.78 is 4.60. The Hall–Kier alpha value is -1.63. The summed E-state index contributed by atoms with van der Waals surface area (Å²) >= 11 is 1.49. The fourth-order valence-electron chi connectivity index (χ4n) is 2.24. The van der Waals surface area contributed by atoms with Gasteiger partial charge in [0.05, 0.1) is 19.2 Å². The van der Waals surface area contributed by atoms with Gasteiger partial charge in [-0.15, -0.1) is 11.3 Å². The van der Waals surface area contributed by atoms with Crippen molar-refractivity contribution >= 4 is 28.3 Å². The number of carbonyl (C=O) groups is 2. The molecule has 21 heavy (non-hydrogen) atoms. The Morgan fingerprint density at radius 3 is 2.86 bits per heavy atom. The Balaban J connectivity index is 1.67. The van der Waals surface area contributed by atoms with Gasteiger partial charge in [-0.3, -0.25) is 9.59 Å². The summed E-state index contributed by atoms with van der Waals surface area (Å²) in [5, 5.41) is 5.88. The van der Waals surface area contributed by atoms with Crippen LogP contribution in [-0.4, -0.2) is 48.5 Å². The summed E-state index contributed by atoms with van der Waals surface area (Å²) in [5.41, 5.74) is 0.874. The molecule has 1 aliphatic heterocycles. The SMILES string of the molecule is COC(=O)CCc1csc(NCCC(=O)N2CCCC2)n1. The first-order chi connectivity index (χ1) is 10.2. The van der Waals surface area contributed by atoms with Crippen LogP contribution in [0.15, 0.2) is 5.38 Å². The van der Waals surface area contributed by atoms with Gasteiger partial charge in [0.2, 0.25) is 5.91 Å². The number of hydrogen-bond acceptors (Lipinski definition) is 6. The largest absolute Gasteiger partial charge is 0.469 e. The molecule has 0 saturated carbocycles. The van der Waals surface area contributed by atoms with Gasteiger partial charge in [0, 0.05) is 37.9 Å². The standard InChI is InChI=1S/C14H21N3O3S/c1-20-13(19)5-4-11-10-21-14(16-11)15-7-6-12(18)17-8-2-3-9-17/h10H,2-9H2,1H3,(H,15,16). The second kappa shape index (κ2) is 7.97. The summed E-state index contributed by atoms with van der Waals surface area (Å²) in [4.78, 5) is 29.2. The van der Waals surface area contributed by atoms with Crippen molar-refractivity contribution in [2.45, 2.75) is 32.1 Å². The van der Waals surface area contributed by atoms with Gasteiger partial charge in [-0.05, 0) is 12.8 Å². The second-order valence-electron chi connectivity index (χ2n) is 4.98. The Kier molecular flexibility index (Phi) is 5.98. The fourth-order valence-corrected chi connectivity index (χ4v) is 3.01. The highest BCUT2D eigenvalue weighted by Gasteiger charge is 2.17. The molecule has 1 aliphatic rings. The molecule has 1 fully saturated rings. The van der Waals surface area contributed by atoms with E-state index in [9.17, 15) is 9.59 Å². The van der Waals surface area contributed by atoms with Crippen molar-refractivity contribution in [3.05, 3.63) is 11.1 Å². The van der Waals surface area contributed by atoms with Crippen LogP contribution >= 0.6 is 11.3 Å². The van der Waals surface area contributed by atoms with Crippen molar-refractivity contribution in [1.29, 1.82) is 0 Å². The predicted molar refractivity (Wildman–Crippen MR) is 81.4 cm³/mol. The average molecular weight is 311 g/mol. The normalized spacial score (nSPS) is 14.2. The number of ether oxygens (including phenoxy) is 1. The van der Waals surface area contributed by atoms with E-state index in [1.807, 2.05) is 10.3 Å². The number of anilines is 1. The van der Waals surface area contributed by atoms with Gasteiger partial charge < -0.3 is 15.0 Å². The molecule has 0 atom stereocenters. The van der Waals surface area contributed by atoms with Gasteiger partial charge in [0.1, 0.15) is 0 Å². The summed E-state index contributed by atoms with van der Waals surface area (Å²) in [6.07, 6.45) is 3.66. The van der Waals surface area contributed by atoms with E-state index in [2.05, 4.69) is 15.0 Å². The molecule has 0 radical (unpaired) electrons. The van der Waals surface area contributed by atoms with Crippen LogP contribution in [0.2, 0.25) is 0 Å². The topological polar surface area (TPSA) is 71.5 Å². The lowest BCUT2D eigenvalue weighted by Gasteiger charge is -2.14. The van der Waals surface area contributed by atoms with E-state index in [-0.39, 0.29) is 11.9 Å². The predicted octanol–water partition coefficient (Wildman–Crippen LogP) is 1.67. The number of nitrogens with zero attached hydrogens (tertiary/aromatic N) is 2. The maximum absolute atomic E-state index is 11.9. The molecule has 7 heteroatoms. The van der Waals surface area contributed by atoms with Crippen molar-refractivity contribution in [3.63, 3.8) is 0 Å². The molecule has 6 nitrogen and oxygen atoms in total. The Morgan fingerprint density at radius 1 is 1.38 bits per heavy atom. The molecule has 0 spiro atoms. The third kappa shape index (κ3) is 5.00. The van der Waals surface area contributed by atoms with Gasteiger partial charge in [-0.25, -0.2) is 4.98 Å². The zero-order chi connectivity index (χ0) is 15.1. The number of esters is 1. The van der Waals surface area contributed by atoms with Crippen LogP contribution in [0.4, 0.5) is 5.13 Å². The van der Waals surface area contributed by atoms with Crippen LogP contribution in [0.5, 0.6) is 0 Å². The lowest BCUT2D eigenvalue weighted by Crippen LogP contribution is -2.29. The number of carbonyl (C=O) groups excluding carboxylic acids is 2. The molecule has 1 saturated heterocycles. The smallest absolute Gasteiger partial charge is 0.305 e. The maximum atomic E-state index is 11.9. The van der Waals surface area contributed by atoms with Gasteiger partial charge >= 0.3 is 5.97 Å². The van der Waals surface area contributed by atoms with Gasteiger partial charge in [0.15, 0.2) is 5.13 Å². The number of rotatable bonds is 7. The molecule has 2 heterocycles. The third-order valence-electron chi connectivity index (χ3n) is 3.44. The zero-order valence-electron chi connectivity index (χ0n) is 12.3. The van der Waals surface area contributed by atoms with Gasteiger partial charge in [0.25, 0.3) is 0 Å². The summed E-state index contributed by atoms with van der Waals surface area (Å²) in [6, 6.07) is 0. The molecule has 1 aromatic heterocycles. The molecule has 0 unspecified atom stereocenters. The van der Waals surface area contributed by atoms with Crippen LogP contribution in [0, 0.1) is 0 Å². The molecular formula is C14H21N3O3S. The Bertz CT molecular complexity index is 484. The number of likely N-dealkylation sites (tertiary alicyclic amines) is 1. The van der Waals surface area contributed by atoms with E-state index in [0.29, 0.717) is 25.8 Å². The summed E-state index contributed by atoms with van der Waals surface area (Å²) in [7, 11) is 1.38. The highest BCUT2D eigenvalue weighted by molar-refractivity contribution is 7.13. The van der Waals surface area contributed by atoms with Crippen LogP contribution in [0.3, 0.4) is 0 Å². The van der Waals surface area contributed by atoms with Gasteiger partial charge in [-0.1, -0.05) is 0 Å². The maximum Gasteiger partial charge on any atom is 0.305 e. The monoisotopic (exact) mass is 311 g/mol. The van der Waals surface area contributed by atoms with E-state index in [1.165, 1.54) is 18.4 Å². The second-order valence-corrected chi connectivity index (χ2v) is 5.84. The summed E-state index contributed by atoms with van der Waals surface area (Å²) in [5.74, 6) is -0.0174. The zero-order valence-corrected chi connectivity index (χ0v) is 13.1. The molecular weight excluding hydrogens is 290 g/mol. The lowest BCUT2D eigenvalue weighted by atomic mass is 10.2. The number of nitrogens with one attached hydrogen (secondary N) is 1. The van der Waals surface area contributed by atoms with E-state index < -0.39 is 0 Å². The minimum Gasteiger partial charge on any atom is -0.469 e. The van der Waals surface area contributed by atoms with Crippen molar-refractivity contribution in [2.24, 2.45) is 0 Å². The fraction of sp³-hybridized carbons (Fsp3) is 0.643. The minimum absolute atomic E-state index is 0.211. The number of methoxy groups -OCH3 is 1. The number of amides is 1. The molecule has 1 N–H and O–H groups in total. The van der Waals surface area contributed by atoms with E-state index in [1.54, 1.807) is 0 Å². The van der Waals surface area contributed by atoms with Crippen LogP contribution < -0.4 is 5.32 Å². The highest BCUT2D eigenvalue weighted by Crippen LogP contribution is 2.17. The van der Waals surface area contributed by atoms with E-state index in [0.717, 1.165) is 36.8 Å². The lowest BCUT2D eigenvalue weighted by molar-refractivity contribution is -0.140. The summed E-state index contributed by atoms with van der Waals surface area (Å²) in [6.45, 7) is 2.39. The number of aromatic nitrogens is 1. The quantitative estimate of drug-likeness (QED) is 0.776. The van der Waals surface area contributed by atoms with Crippen LogP contribution in [-0.2, 0) is 20.7 Å². The number of thiazole rings is 1. The van der Waals surface area contributed by atoms with Crippen molar-refractivity contribution in [3.8, 4) is 0 Å². The molecule has 0 aromatic carbocycles. The van der Waals surface area contributed by atoms with E-state index >= 15 is 0 Å². The van der Waals surface area contributed by atoms with Gasteiger partial charge in [-0.2, -0.15) is 0 Å².